The number of ether oxygens (including phenoxy) is 2. The van der Waals surface area contributed by atoms with Crippen LogP contribution in [0.5, 0.6) is 11.5 Å². The zero-order chi connectivity index (χ0) is 25.5. The molecule has 2 aromatic rings. The molecule has 3 amide bonds. The Hall–Kier alpha value is -4.19. The van der Waals surface area contributed by atoms with E-state index in [1.807, 2.05) is 0 Å². The lowest BCUT2D eigenvalue weighted by molar-refractivity contribution is -0.136. The van der Waals surface area contributed by atoms with Gasteiger partial charge in [0.2, 0.25) is 0 Å². The predicted octanol–water partition coefficient (Wildman–Crippen LogP) is 3.41. The first-order valence-electron chi connectivity index (χ1n) is 10.5. The topological polar surface area (TPSA) is 117 Å². The third kappa shape index (κ3) is 6.90. The summed E-state index contributed by atoms with van der Waals surface area (Å²) in [5, 5.41) is 15.5. The number of nitrogens with zero attached hydrogens (tertiary/aromatic N) is 1. The second-order valence-corrected chi connectivity index (χ2v) is 8.38. The van der Waals surface area contributed by atoms with E-state index in [1.165, 1.54) is 26.2 Å². The van der Waals surface area contributed by atoms with Crippen LogP contribution in [0.3, 0.4) is 0 Å². The Morgan fingerprint density at radius 3 is 2.24 bits per heavy atom. The van der Waals surface area contributed by atoms with E-state index >= 15 is 0 Å². The number of aromatic hydroxyl groups is 1. The quantitative estimate of drug-likeness (QED) is 0.424. The molecule has 0 radical (unpaired) electrons. The minimum Gasteiger partial charge on any atom is -0.508 e. The molecule has 0 aliphatic rings. The van der Waals surface area contributed by atoms with Gasteiger partial charge in [-0.2, -0.15) is 0 Å². The number of amides is 3. The van der Waals surface area contributed by atoms with Gasteiger partial charge < -0.3 is 25.2 Å². The summed E-state index contributed by atoms with van der Waals surface area (Å²) in [6, 6.07) is 12.3. The number of hydrogen-bond donors (Lipinski definition) is 3. The van der Waals surface area contributed by atoms with E-state index in [1.54, 1.807) is 57.2 Å². The first-order valence-corrected chi connectivity index (χ1v) is 10.5. The first kappa shape index (κ1) is 26.1. The van der Waals surface area contributed by atoms with E-state index in [-0.39, 0.29) is 11.3 Å². The van der Waals surface area contributed by atoms with Gasteiger partial charge in [-0.15, -0.1) is 0 Å². The van der Waals surface area contributed by atoms with Crippen LogP contribution >= 0.6 is 0 Å². The molecule has 2 aromatic carbocycles. The molecule has 9 nitrogen and oxygen atoms in total. The fourth-order valence-corrected chi connectivity index (χ4v) is 3.02. The maximum atomic E-state index is 13.3. The van der Waals surface area contributed by atoms with Crippen molar-refractivity contribution < 1.29 is 29.0 Å². The fourth-order valence-electron chi connectivity index (χ4n) is 3.02. The molecule has 3 N–H and O–H groups in total. The number of carbonyl (C=O) groups is 3. The molecule has 0 saturated heterocycles. The van der Waals surface area contributed by atoms with E-state index in [0.717, 1.165) is 4.90 Å². The number of rotatable bonds is 7. The average molecular weight is 468 g/mol. The van der Waals surface area contributed by atoms with E-state index in [0.29, 0.717) is 11.4 Å². The number of terminal acetylenes is 1. The van der Waals surface area contributed by atoms with Gasteiger partial charge in [-0.25, -0.2) is 4.79 Å². The molecule has 0 saturated carbocycles. The van der Waals surface area contributed by atoms with Gasteiger partial charge in [-0.1, -0.05) is 24.6 Å². The number of hydrogen-bond acceptors (Lipinski definition) is 6. The smallest absolute Gasteiger partial charge is 0.408 e. The van der Waals surface area contributed by atoms with Crippen molar-refractivity contribution in [1.29, 1.82) is 0 Å². The Morgan fingerprint density at radius 1 is 1.09 bits per heavy atom. The highest BCUT2D eigenvalue weighted by molar-refractivity contribution is 5.99. The molecule has 2 rings (SSSR count). The highest BCUT2D eigenvalue weighted by Gasteiger charge is 2.35. The Bertz CT molecular complexity index is 1070. The second-order valence-electron chi connectivity index (χ2n) is 8.38. The van der Waals surface area contributed by atoms with Crippen LogP contribution in [0.15, 0.2) is 48.5 Å². The molecule has 0 aromatic heterocycles. The standard InChI is InChI=1S/C25H29N3O6/c1-7-28(23(31)16(2)26-24(32)34-25(3,4)5)21(19-10-8-9-11-20(19)29)22(30)27-17-12-14-18(33-6)15-13-17/h1,8-16,21,29H,2-6H3,(H,26,32)(H,27,30). The Morgan fingerprint density at radius 2 is 1.71 bits per heavy atom. The maximum absolute atomic E-state index is 13.3. The Kier molecular flexibility index (Phi) is 8.51. The van der Waals surface area contributed by atoms with Crippen molar-refractivity contribution in [3.8, 4) is 24.0 Å². The zero-order valence-electron chi connectivity index (χ0n) is 19.8. The van der Waals surface area contributed by atoms with Gasteiger partial charge in [-0.3, -0.25) is 14.5 Å². The van der Waals surface area contributed by atoms with Crippen LogP contribution in [0.4, 0.5) is 10.5 Å². The molecule has 2 atom stereocenters. The summed E-state index contributed by atoms with van der Waals surface area (Å²) in [7, 11) is 1.52. The summed E-state index contributed by atoms with van der Waals surface area (Å²) in [6.07, 6.45) is 4.82. The minimum atomic E-state index is -1.39. The normalized spacial score (nSPS) is 12.5. The number of methoxy groups -OCH3 is 1. The van der Waals surface area contributed by atoms with Crippen molar-refractivity contribution in [2.75, 3.05) is 12.4 Å². The van der Waals surface area contributed by atoms with Gasteiger partial charge in [0.1, 0.15) is 23.1 Å². The number of nitrogens with one attached hydrogen (secondary N) is 2. The largest absolute Gasteiger partial charge is 0.508 e. The second kappa shape index (κ2) is 11.1. The number of alkyl carbamates (subject to hydrolysis) is 1. The summed E-state index contributed by atoms with van der Waals surface area (Å²) < 4.78 is 10.3. The first-order chi connectivity index (χ1) is 16.0. The molecule has 180 valence electrons. The van der Waals surface area contributed by atoms with Crippen molar-refractivity contribution >= 4 is 23.6 Å². The number of phenols is 1. The van der Waals surface area contributed by atoms with Crippen LogP contribution in [-0.2, 0) is 14.3 Å². The van der Waals surface area contributed by atoms with Crippen LogP contribution in [0.2, 0.25) is 0 Å². The van der Waals surface area contributed by atoms with Crippen molar-refractivity contribution in [2.24, 2.45) is 0 Å². The SMILES string of the molecule is C#CN(C(=O)C(C)NC(=O)OC(C)(C)C)C(C(=O)Nc1ccc(OC)cc1)c1ccccc1O. The van der Waals surface area contributed by atoms with Crippen LogP contribution in [-0.4, -0.2) is 46.7 Å². The van der Waals surface area contributed by atoms with Crippen LogP contribution in [0.1, 0.15) is 39.3 Å². The number of benzene rings is 2. The summed E-state index contributed by atoms with van der Waals surface area (Å²) in [6.45, 7) is 6.47. The van der Waals surface area contributed by atoms with Crippen LogP contribution in [0.25, 0.3) is 0 Å². The molecule has 34 heavy (non-hydrogen) atoms. The molecule has 0 bridgehead atoms. The summed E-state index contributed by atoms with van der Waals surface area (Å²) in [4.78, 5) is 39.4. The summed E-state index contributed by atoms with van der Waals surface area (Å²) in [5.41, 5.74) is -0.227. The highest BCUT2D eigenvalue weighted by Crippen LogP contribution is 2.30. The third-order valence-electron chi connectivity index (χ3n) is 4.58. The van der Waals surface area contributed by atoms with E-state index in [4.69, 9.17) is 15.9 Å². The average Bonchev–Trinajstić information content (AvgIpc) is 2.76. The van der Waals surface area contributed by atoms with Gasteiger partial charge >= 0.3 is 6.09 Å². The summed E-state index contributed by atoms with van der Waals surface area (Å²) >= 11 is 0. The molecular formula is C25H29N3O6. The molecule has 2 unspecified atom stereocenters. The van der Waals surface area contributed by atoms with Crippen molar-refractivity contribution in [3.05, 3.63) is 54.1 Å². The molecular weight excluding hydrogens is 438 g/mol. The predicted molar refractivity (Wildman–Crippen MR) is 127 cm³/mol. The molecule has 0 aliphatic heterocycles. The van der Waals surface area contributed by atoms with Crippen molar-refractivity contribution in [3.63, 3.8) is 0 Å². The van der Waals surface area contributed by atoms with Gasteiger partial charge in [0.05, 0.1) is 7.11 Å². The van der Waals surface area contributed by atoms with Gasteiger partial charge in [-0.05, 0) is 58.0 Å². The van der Waals surface area contributed by atoms with Crippen LogP contribution < -0.4 is 15.4 Å². The molecule has 0 spiro atoms. The number of anilines is 1. The lowest BCUT2D eigenvalue weighted by Crippen LogP contribution is -2.49. The lowest BCUT2D eigenvalue weighted by atomic mass is 10.0. The Balaban J connectivity index is 2.35. The Labute approximate surface area is 199 Å². The van der Waals surface area contributed by atoms with E-state index < -0.39 is 35.6 Å². The van der Waals surface area contributed by atoms with Gasteiger partial charge in [0.25, 0.3) is 11.8 Å². The molecule has 0 heterocycles. The fraction of sp³-hybridized carbons (Fsp3) is 0.320. The maximum Gasteiger partial charge on any atom is 0.408 e. The monoisotopic (exact) mass is 467 g/mol. The summed E-state index contributed by atoms with van der Waals surface area (Å²) in [5.74, 6) is -1.04. The minimum absolute atomic E-state index is 0.115. The lowest BCUT2D eigenvalue weighted by Gasteiger charge is -2.29. The molecule has 0 aliphatic carbocycles. The van der Waals surface area contributed by atoms with Crippen molar-refractivity contribution in [1.82, 2.24) is 10.2 Å². The van der Waals surface area contributed by atoms with Crippen LogP contribution in [0, 0.1) is 12.5 Å². The number of para-hydroxylation sites is 1. The third-order valence-corrected chi connectivity index (χ3v) is 4.58. The zero-order valence-corrected chi connectivity index (χ0v) is 19.8. The number of phenolic OH excluding ortho intramolecular Hbond substituents is 1. The molecule has 0 fully saturated rings. The molecule has 9 heteroatoms. The van der Waals surface area contributed by atoms with E-state index in [2.05, 4.69) is 16.7 Å². The van der Waals surface area contributed by atoms with Crippen molar-refractivity contribution in [2.45, 2.75) is 45.4 Å². The van der Waals surface area contributed by atoms with Gasteiger partial charge in [0, 0.05) is 17.3 Å². The van der Waals surface area contributed by atoms with E-state index in [9.17, 15) is 19.5 Å². The van der Waals surface area contributed by atoms with Gasteiger partial charge in [0.15, 0.2) is 6.04 Å². The highest BCUT2D eigenvalue weighted by atomic mass is 16.6. The number of carbonyl (C=O) groups excluding carboxylic acids is 3.